The first kappa shape index (κ1) is 17.0. The highest BCUT2D eigenvalue weighted by atomic mass is 32.2. The van der Waals surface area contributed by atoms with E-state index in [1.54, 1.807) is 28.6 Å². The molecule has 0 atom stereocenters. The van der Waals surface area contributed by atoms with Gasteiger partial charge in [-0.15, -0.1) is 0 Å². The van der Waals surface area contributed by atoms with Gasteiger partial charge in [0.15, 0.2) is 0 Å². The minimum absolute atomic E-state index is 0.258. The number of methoxy groups -OCH3 is 1. The minimum atomic E-state index is -3.49. The molecule has 0 radical (unpaired) electrons. The Morgan fingerprint density at radius 1 is 1.00 bits per heavy atom. The number of rotatable bonds is 5. The summed E-state index contributed by atoms with van der Waals surface area (Å²) in [5, 5.41) is 0. The van der Waals surface area contributed by atoms with Crippen molar-refractivity contribution in [3.63, 3.8) is 0 Å². The highest BCUT2D eigenvalue weighted by Crippen LogP contribution is 2.30. The fraction of sp³-hybridized carbons (Fsp3) is 0.368. The van der Waals surface area contributed by atoms with E-state index in [1.165, 1.54) is 12.7 Å². The van der Waals surface area contributed by atoms with Crippen molar-refractivity contribution in [2.24, 2.45) is 5.92 Å². The van der Waals surface area contributed by atoms with E-state index in [2.05, 4.69) is 24.3 Å². The summed E-state index contributed by atoms with van der Waals surface area (Å²) >= 11 is 0. The third kappa shape index (κ3) is 3.62. The Morgan fingerprint density at radius 2 is 1.62 bits per heavy atom. The molecule has 0 N–H and O–H groups in total. The molecule has 0 amide bonds. The van der Waals surface area contributed by atoms with Crippen molar-refractivity contribution < 1.29 is 13.2 Å². The van der Waals surface area contributed by atoms with Crippen molar-refractivity contribution in [3.8, 4) is 5.75 Å². The fourth-order valence-corrected chi connectivity index (χ4v) is 4.90. The summed E-state index contributed by atoms with van der Waals surface area (Å²) in [6.07, 6.45) is 2.80. The van der Waals surface area contributed by atoms with Gasteiger partial charge in [0, 0.05) is 13.1 Å². The van der Waals surface area contributed by atoms with Crippen molar-refractivity contribution in [2.75, 3.05) is 20.2 Å². The lowest BCUT2D eigenvalue weighted by molar-refractivity contribution is 0.272. The van der Waals surface area contributed by atoms with Crippen LogP contribution < -0.4 is 4.74 Å². The highest BCUT2D eigenvalue weighted by Gasteiger charge is 2.31. The fourth-order valence-electron chi connectivity index (χ4n) is 3.27. The van der Waals surface area contributed by atoms with Gasteiger partial charge in [0.25, 0.3) is 0 Å². The summed E-state index contributed by atoms with van der Waals surface area (Å²) in [4.78, 5) is 0.258. The Hall–Kier alpha value is -1.85. The molecule has 4 nitrogen and oxygen atoms in total. The maximum Gasteiger partial charge on any atom is 0.246 e. The van der Waals surface area contributed by atoms with Gasteiger partial charge in [-0.25, -0.2) is 8.42 Å². The van der Waals surface area contributed by atoms with E-state index in [4.69, 9.17) is 4.74 Å². The Bertz CT molecular complexity index is 766. The second-order valence-electron chi connectivity index (χ2n) is 6.19. The second-order valence-corrected chi connectivity index (χ2v) is 8.09. The molecule has 24 heavy (non-hydrogen) atoms. The van der Waals surface area contributed by atoms with Gasteiger partial charge in [0.2, 0.25) is 10.0 Å². The number of para-hydroxylation sites is 1. The first-order valence-electron chi connectivity index (χ1n) is 8.28. The zero-order valence-corrected chi connectivity index (χ0v) is 14.7. The summed E-state index contributed by atoms with van der Waals surface area (Å²) < 4.78 is 32.6. The SMILES string of the molecule is COc1ccccc1S(=O)(=O)N1CCC(Cc2ccccc2)CC1. The Labute approximate surface area is 144 Å². The average molecular weight is 345 g/mol. The van der Waals surface area contributed by atoms with Crippen LogP contribution in [0.5, 0.6) is 5.75 Å². The minimum Gasteiger partial charge on any atom is -0.495 e. The molecular formula is C19H23NO3S. The number of nitrogens with zero attached hydrogens (tertiary/aromatic N) is 1. The van der Waals surface area contributed by atoms with Crippen LogP contribution in [0.1, 0.15) is 18.4 Å². The molecule has 0 bridgehead atoms. The molecule has 5 heteroatoms. The second kappa shape index (κ2) is 7.36. The molecule has 1 heterocycles. The maximum atomic E-state index is 12.9. The van der Waals surface area contributed by atoms with Gasteiger partial charge < -0.3 is 4.74 Å². The van der Waals surface area contributed by atoms with Gasteiger partial charge in [-0.3, -0.25) is 0 Å². The van der Waals surface area contributed by atoms with Gasteiger partial charge >= 0.3 is 0 Å². The molecule has 0 saturated carbocycles. The van der Waals surface area contributed by atoms with E-state index < -0.39 is 10.0 Å². The Morgan fingerprint density at radius 3 is 2.29 bits per heavy atom. The first-order valence-corrected chi connectivity index (χ1v) is 9.72. The molecule has 1 saturated heterocycles. The average Bonchev–Trinajstić information content (AvgIpc) is 2.63. The first-order chi connectivity index (χ1) is 11.6. The summed E-state index contributed by atoms with van der Waals surface area (Å²) in [5.74, 6) is 0.945. The zero-order valence-electron chi connectivity index (χ0n) is 13.9. The molecule has 0 aromatic heterocycles. The van der Waals surface area contributed by atoms with Gasteiger partial charge in [0.05, 0.1) is 7.11 Å². The number of hydrogen-bond acceptors (Lipinski definition) is 3. The van der Waals surface area contributed by atoms with E-state index in [0.29, 0.717) is 24.8 Å². The predicted molar refractivity (Wildman–Crippen MR) is 94.6 cm³/mol. The van der Waals surface area contributed by atoms with Crippen molar-refractivity contribution in [1.82, 2.24) is 4.31 Å². The van der Waals surface area contributed by atoms with Crippen LogP contribution in [-0.4, -0.2) is 32.9 Å². The molecule has 0 unspecified atom stereocenters. The lowest BCUT2D eigenvalue weighted by Crippen LogP contribution is -2.39. The monoisotopic (exact) mass is 345 g/mol. The van der Waals surface area contributed by atoms with E-state index in [-0.39, 0.29) is 4.90 Å². The standard InChI is InChI=1S/C19H23NO3S/c1-23-18-9-5-6-10-19(18)24(21,22)20-13-11-17(12-14-20)15-16-7-3-2-4-8-16/h2-10,17H,11-15H2,1H3. The van der Waals surface area contributed by atoms with Crippen molar-refractivity contribution in [2.45, 2.75) is 24.2 Å². The van der Waals surface area contributed by atoms with Crippen LogP contribution in [0.25, 0.3) is 0 Å². The van der Waals surface area contributed by atoms with Crippen LogP contribution in [0.3, 0.4) is 0 Å². The molecule has 2 aromatic rings. The van der Waals surface area contributed by atoms with Crippen molar-refractivity contribution >= 4 is 10.0 Å². The lowest BCUT2D eigenvalue weighted by atomic mass is 9.91. The van der Waals surface area contributed by atoms with Gasteiger partial charge in [0.1, 0.15) is 10.6 Å². The van der Waals surface area contributed by atoms with Crippen molar-refractivity contribution in [3.05, 3.63) is 60.2 Å². The van der Waals surface area contributed by atoms with Crippen LogP contribution in [0, 0.1) is 5.92 Å². The quantitative estimate of drug-likeness (QED) is 0.835. The summed E-state index contributed by atoms with van der Waals surface area (Å²) in [6, 6.07) is 17.2. The smallest absolute Gasteiger partial charge is 0.246 e. The summed E-state index contributed by atoms with van der Waals surface area (Å²) in [7, 11) is -1.99. The summed E-state index contributed by atoms with van der Waals surface area (Å²) in [5.41, 5.74) is 1.32. The normalized spacial score (nSPS) is 16.9. The van der Waals surface area contributed by atoms with E-state index in [0.717, 1.165) is 19.3 Å². The molecule has 0 spiro atoms. The van der Waals surface area contributed by atoms with Crippen LogP contribution in [0.2, 0.25) is 0 Å². The van der Waals surface area contributed by atoms with Crippen LogP contribution in [0.15, 0.2) is 59.5 Å². The molecule has 1 aliphatic rings. The Balaban J connectivity index is 1.67. The number of piperidine rings is 1. The van der Waals surface area contributed by atoms with E-state index in [1.807, 2.05) is 6.07 Å². The van der Waals surface area contributed by atoms with Crippen LogP contribution in [0.4, 0.5) is 0 Å². The third-order valence-electron chi connectivity index (χ3n) is 4.63. The molecule has 2 aromatic carbocycles. The number of ether oxygens (including phenoxy) is 1. The molecular weight excluding hydrogens is 322 g/mol. The van der Waals surface area contributed by atoms with E-state index >= 15 is 0 Å². The molecule has 1 fully saturated rings. The van der Waals surface area contributed by atoms with Crippen molar-refractivity contribution in [1.29, 1.82) is 0 Å². The maximum absolute atomic E-state index is 12.9. The number of hydrogen-bond donors (Lipinski definition) is 0. The van der Waals surface area contributed by atoms with Crippen LogP contribution >= 0.6 is 0 Å². The molecule has 1 aliphatic heterocycles. The summed E-state index contributed by atoms with van der Waals surface area (Å²) in [6.45, 7) is 1.13. The lowest BCUT2D eigenvalue weighted by Gasteiger charge is -2.31. The molecule has 0 aliphatic carbocycles. The van der Waals surface area contributed by atoms with E-state index in [9.17, 15) is 8.42 Å². The molecule has 128 valence electrons. The number of benzene rings is 2. The zero-order chi connectivity index (χ0) is 17.0. The Kier molecular flexibility index (Phi) is 5.21. The van der Waals surface area contributed by atoms with Crippen LogP contribution in [-0.2, 0) is 16.4 Å². The topological polar surface area (TPSA) is 46.6 Å². The van der Waals surface area contributed by atoms with Gasteiger partial charge in [-0.05, 0) is 42.9 Å². The highest BCUT2D eigenvalue weighted by molar-refractivity contribution is 7.89. The molecule has 3 rings (SSSR count). The predicted octanol–water partition coefficient (Wildman–Crippen LogP) is 3.34. The number of sulfonamides is 1. The van der Waals surface area contributed by atoms with Gasteiger partial charge in [-0.1, -0.05) is 42.5 Å². The van der Waals surface area contributed by atoms with Gasteiger partial charge in [-0.2, -0.15) is 4.31 Å². The third-order valence-corrected chi connectivity index (χ3v) is 6.57. The largest absolute Gasteiger partial charge is 0.495 e.